The van der Waals surface area contributed by atoms with Crippen LogP contribution >= 0.6 is 23.4 Å². The number of nitrogens with zero attached hydrogens (tertiary/aromatic N) is 2. The quantitative estimate of drug-likeness (QED) is 0.690. The molecule has 0 aliphatic carbocycles. The van der Waals surface area contributed by atoms with Crippen LogP contribution < -0.4 is 0 Å². The zero-order chi connectivity index (χ0) is 9.14. The van der Waals surface area contributed by atoms with Crippen LogP contribution in [0.2, 0.25) is 5.15 Å². The largest absolute Gasteiger partial charge is 0.242 e. The molecule has 66 valence electrons. The smallest absolute Gasteiger partial charge is 0.161 e. The molecule has 12 heavy (non-hydrogen) atoms. The maximum atomic E-state index is 5.89. The van der Waals surface area contributed by atoms with Gasteiger partial charge in [-0.1, -0.05) is 18.5 Å². The first kappa shape index (κ1) is 9.81. The predicted molar refractivity (Wildman–Crippen MR) is 52.9 cm³/mol. The molecule has 0 N–H and O–H groups in total. The van der Waals surface area contributed by atoms with E-state index in [0.717, 1.165) is 22.2 Å². The third kappa shape index (κ3) is 2.11. The summed E-state index contributed by atoms with van der Waals surface area (Å²) < 4.78 is 0. The van der Waals surface area contributed by atoms with Gasteiger partial charge in [-0.05, 0) is 19.6 Å². The third-order valence-electron chi connectivity index (χ3n) is 1.52. The van der Waals surface area contributed by atoms with Gasteiger partial charge in [-0.2, -0.15) is 0 Å². The van der Waals surface area contributed by atoms with Gasteiger partial charge >= 0.3 is 0 Å². The van der Waals surface area contributed by atoms with Crippen molar-refractivity contribution in [1.29, 1.82) is 0 Å². The summed E-state index contributed by atoms with van der Waals surface area (Å²) in [6.07, 6.45) is 0. The van der Waals surface area contributed by atoms with Gasteiger partial charge in [0.15, 0.2) is 5.15 Å². The Bertz CT molecular complexity index is 289. The molecule has 2 nitrogen and oxygen atoms in total. The maximum absolute atomic E-state index is 5.89. The van der Waals surface area contributed by atoms with Crippen LogP contribution in [0.1, 0.15) is 18.3 Å². The topological polar surface area (TPSA) is 25.8 Å². The molecule has 0 saturated heterocycles. The average molecular weight is 203 g/mol. The minimum Gasteiger partial charge on any atom is -0.242 e. The summed E-state index contributed by atoms with van der Waals surface area (Å²) in [5.74, 6) is 0.969. The summed E-state index contributed by atoms with van der Waals surface area (Å²) in [4.78, 5) is 8.50. The van der Waals surface area contributed by atoms with Crippen molar-refractivity contribution in [1.82, 2.24) is 9.97 Å². The zero-order valence-corrected chi connectivity index (χ0v) is 8.96. The molecule has 0 unspecified atom stereocenters. The summed E-state index contributed by atoms with van der Waals surface area (Å²) in [6, 6.07) is 0. The van der Waals surface area contributed by atoms with Crippen molar-refractivity contribution >= 4 is 23.4 Å². The molecule has 0 spiro atoms. The second-order valence-electron chi connectivity index (χ2n) is 2.42. The van der Waals surface area contributed by atoms with Crippen LogP contribution in [0, 0.1) is 13.8 Å². The van der Waals surface area contributed by atoms with Gasteiger partial charge in [-0.15, -0.1) is 11.8 Å². The fourth-order valence-corrected chi connectivity index (χ4v) is 1.76. The van der Waals surface area contributed by atoms with Crippen molar-refractivity contribution in [3.8, 4) is 0 Å². The molecule has 0 aliphatic heterocycles. The lowest BCUT2D eigenvalue weighted by atomic mass is 10.4. The second kappa shape index (κ2) is 4.10. The van der Waals surface area contributed by atoms with E-state index in [1.54, 1.807) is 11.8 Å². The molecule has 1 rings (SSSR count). The molecule has 0 atom stereocenters. The Morgan fingerprint density at radius 3 is 2.42 bits per heavy atom. The fraction of sp³-hybridized carbons (Fsp3) is 0.500. The highest BCUT2D eigenvalue weighted by molar-refractivity contribution is 7.99. The molecule has 0 radical (unpaired) electrons. The lowest BCUT2D eigenvalue weighted by Gasteiger charge is -2.03. The summed E-state index contributed by atoms with van der Waals surface area (Å²) in [5, 5.41) is 1.35. The molecule has 1 aromatic rings. The van der Waals surface area contributed by atoms with Crippen molar-refractivity contribution in [2.24, 2.45) is 0 Å². The van der Waals surface area contributed by atoms with Gasteiger partial charge in [-0.3, -0.25) is 0 Å². The Morgan fingerprint density at radius 2 is 1.83 bits per heavy atom. The molecule has 0 aliphatic rings. The van der Waals surface area contributed by atoms with Crippen molar-refractivity contribution in [3.05, 3.63) is 16.5 Å². The van der Waals surface area contributed by atoms with E-state index in [4.69, 9.17) is 11.6 Å². The van der Waals surface area contributed by atoms with Gasteiger partial charge in [0.1, 0.15) is 5.03 Å². The number of rotatable bonds is 2. The molecule has 0 bridgehead atoms. The van der Waals surface area contributed by atoms with Crippen LogP contribution in [0.15, 0.2) is 5.03 Å². The molecule has 1 heterocycles. The van der Waals surface area contributed by atoms with Gasteiger partial charge < -0.3 is 0 Å². The molecule has 0 aromatic carbocycles. The van der Waals surface area contributed by atoms with Gasteiger partial charge in [-0.25, -0.2) is 9.97 Å². The third-order valence-corrected chi connectivity index (χ3v) is 2.74. The van der Waals surface area contributed by atoms with E-state index in [0.29, 0.717) is 5.15 Å². The monoisotopic (exact) mass is 202 g/mol. The SMILES string of the molecule is CCSc1nc(C)c(C)nc1Cl. The second-order valence-corrected chi connectivity index (χ2v) is 4.03. The van der Waals surface area contributed by atoms with Crippen LogP contribution in [0.25, 0.3) is 0 Å². The van der Waals surface area contributed by atoms with Crippen molar-refractivity contribution in [2.45, 2.75) is 25.8 Å². The van der Waals surface area contributed by atoms with E-state index >= 15 is 0 Å². The summed E-state index contributed by atoms with van der Waals surface area (Å²) in [5.41, 5.74) is 1.86. The van der Waals surface area contributed by atoms with Crippen LogP contribution in [-0.4, -0.2) is 15.7 Å². The average Bonchev–Trinajstić information content (AvgIpc) is 2.01. The number of hydrogen-bond acceptors (Lipinski definition) is 3. The highest BCUT2D eigenvalue weighted by Crippen LogP contribution is 2.23. The molecule has 0 amide bonds. The van der Waals surface area contributed by atoms with Gasteiger partial charge in [0.05, 0.1) is 11.4 Å². The standard InChI is InChI=1S/C8H11ClN2S/c1-4-12-8-7(9)10-5(2)6(3)11-8/h4H2,1-3H3. The first-order valence-corrected chi connectivity index (χ1v) is 5.15. The molecule has 0 fully saturated rings. The van der Waals surface area contributed by atoms with E-state index in [2.05, 4.69) is 16.9 Å². The Kier molecular flexibility index (Phi) is 3.35. The Morgan fingerprint density at radius 1 is 1.25 bits per heavy atom. The first-order valence-electron chi connectivity index (χ1n) is 3.78. The van der Waals surface area contributed by atoms with E-state index in [1.165, 1.54) is 0 Å². The van der Waals surface area contributed by atoms with Crippen LogP contribution in [0.4, 0.5) is 0 Å². The Balaban J connectivity index is 3.05. The van der Waals surface area contributed by atoms with Gasteiger partial charge in [0.25, 0.3) is 0 Å². The lowest BCUT2D eigenvalue weighted by molar-refractivity contribution is 0.958. The lowest BCUT2D eigenvalue weighted by Crippen LogP contribution is -1.95. The van der Waals surface area contributed by atoms with Crippen molar-refractivity contribution in [3.63, 3.8) is 0 Å². The summed E-state index contributed by atoms with van der Waals surface area (Å²) in [6.45, 7) is 5.92. The van der Waals surface area contributed by atoms with Crippen LogP contribution in [0.3, 0.4) is 0 Å². The highest BCUT2D eigenvalue weighted by atomic mass is 35.5. The van der Waals surface area contributed by atoms with Gasteiger partial charge in [0, 0.05) is 0 Å². The molecule has 4 heteroatoms. The predicted octanol–water partition coefficient (Wildman–Crippen LogP) is 2.86. The summed E-state index contributed by atoms with van der Waals surface area (Å²) >= 11 is 7.51. The zero-order valence-electron chi connectivity index (χ0n) is 7.39. The van der Waals surface area contributed by atoms with E-state index in [-0.39, 0.29) is 0 Å². The van der Waals surface area contributed by atoms with Crippen LogP contribution in [-0.2, 0) is 0 Å². The molecular formula is C8H11ClN2S. The molecular weight excluding hydrogens is 192 g/mol. The fourth-order valence-electron chi connectivity index (χ4n) is 0.784. The maximum Gasteiger partial charge on any atom is 0.161 e. The molecule has 0 saturated carbocycles. The Labute approximate surface area is 81.8 Å². The number of halogens is 1. The molecule has 1 aromatic heterocycles. The van der Waals surface area contributed by atoms with Gasteiger partial charge in [0.2, 0.25) is 0 Å². The number of aromatic nitrogens is 2. The highest BCUT2D eigenvalue weighted by Gasteiger charge is 2.05. The van der Waals surface area contributed by atoms with E-state index in [1.807, 2.05) is 13.8 Å². The number of hydrogen-bond donors (Lipinski definition) is 0. The van der Waals surface area contributed by atoms with Crippen molar-refractivity contribution < 1.29 is 0 Å². The minimum atomic E-state index is 0.518. The normalized spacial score (nSPS) is 10.3. The summed E-state index contributed by atoms with van der Waals surface area (Å²) in [7, 11) is 0. The Hall–Kier alpha value is -0.280. The van der Waals surface area contributed by atoms with E-state index in [9.17, 15) is 0 Å². The number of aryl methyl sites for hydroxylation is 2. The van der Waals surface area contributed by atoms with Crippen molar-refractivity contribution in [2.75, 3.05) is 5.75 Å². The van der Waals surface area contributed by atoms with Crippen LogP contribution in [0.5, 0.6) is 0 Å². The minimum absolute atomic E-state index is 0.518. The first-order chi connectivity index (χ1) is 5.65. The van der Waals surface area contributed by atoms with E-state index < -0.39 is 0 Å². The number of thioether (sulfide) groups is 1.